The molecule has 0 aliphatic heterocycles. The van der Waals surface area contributed by atoms with E-state index in [1.54, 1.807) is 43.3 Å². The van der Waals surface area contributed by atoms with Gasteiger partial charge in [0.15, 0.2) is 0 Å². The standard InChI is InChI=1S/C20H17FN4O3/c1-2-28-19(27)16-5-3-4-6-17(16)25-18(26)13-11-22-20(23-12-13)24-15-9-7-14(21)8-10-15/h3-12H,2H2,1H3,(H,25,26)(H,22,23,24). The first-order valence-corrected chi connectivity index (χ1v) is 8.49. The van der Waals surface area contributed by atoms with Gasteiger partial charge in [-0.25, -0.2) is 19.2 Å². The monoisotopic (exact) mass is 380 g/mol. The molecular formula is C20H17FN4O3. The lowest BCUT2D eigenvalue weighted by molar-refractivity contribution is 0.0527. The Morgan fingerprint density at radius 1 is 1.04 bits per heavy atom. The van der Waals surface area contributed by atoms with Crippen LogP contribution in [0.25, 0.3) is 0 Å². The molecule has 0 aliphatic rings. The van der Waals surface area contributed by atoms with E-state index < -0.39 is 11.9 Å². The Kier molecular flexibility index (Phi) is 5.91. The maximum absolute atomic E-state index is 12.9. The molecule has 142 valence electrons. The summed E-state index contributed by atoms with van der Waals surface area (Å²) >= 11 is 0. The van der Waals surface area contributed by atoms with Crippen LogP contribution in [0.1, 0.15) is 27.6 Å². The number of carbonyl (C=O) groups is 2. The van der Waals surface area contributed by atoms with E-state index in [4.69, 9.17) is 4.74 Å². The molecule has 0 aliphatic carbocycles. The van der Waals surface area contributed by atoms with Crippen LogP contribution in [0, 0.1) is 5.82 Å². The number of aromatic nitrogens is 2. The van der Waals surface area contributed by atoms with E-state index in [2.05, 4.69) is 20.6 Å². The van der Waals surface area contributed by atoms with Gasteiger partial charge in [0, 0.05) is 18.1 Å². The molecule has 1 amide bonds. The van der Waals surface area contributed by atoms with Crippen molar-refractivity contribution in [2.45, 2.75) is 6.92 Å². The molecule has 7 nitrogen and oxygen atoms in total. The Hall–Kier alpha value is -3.81. The highest BCUT2D eigenvalue weighted by Gasteiger charge is 2.15. The van der Waals surface area contributed by atoms with Crippen molar-refractivity contribution in [3.05, 3.63) is 77.9 Å². The number of hydrogen-bond donors (Lipinski definition) is 2. The van der Waals surface area contributed by atoms with Gasteiger partial charge in [0.05, 0.1) is 23.4 Å². The molecule has 1 heterocycles. The molecule has 0 spiro atoms. The molecule has 3 aromatic rings. The Morgan fingerprint density at radius 2 is 1.71 bits per heavy atom. The van der Waals surface area contributed by atoms with Crippen LogP contribution in [0.2, 0.25) is 0 Å². The smallest absolute Gasteiger partial charge is 0.340 e. The highest BCUT2D eigenvalue weighted by atomic mass is 19.1. The predicted molar refractivity (Wildman–Crippen MR) is 102 cm³/mol. The van der Waals surface area contributed by atoms with Crippen molar-refractivity contribution in [2.24, 2.45) is 0 Å². The van der Waals surface area contributed by atoms with Gasteiger partial charge in [0.2, 0.25) is 5.95 Å². The number of carbonyl (C=O) groups excluding carboxylic acids is 2. The molecular weight excluding hydrogens is 363 g/mol. The minimum Gasteiger partial charge on any atom is -0.462 e. The van der Waals surface area contributed by atoms with Crippen LogP contribution >= 0.6 is 0 Å². The first-order chi connectivity index (χ1) is 13.6. The van der Waals surface area contributed by atoms with Crippen LogP contribution in [0.3, 0.4) is 0 Å². The molecule has 2 aromatic carbocycles. The minimum atomic E-state index is -0.520. The van der Waals surface area contributed by atoms with E-state index in [-0.39, 0.29) is 29.5 Å². The summed E-state index contributed by atoms with van der Waals surface area (Å²) in [7, 11) is 0. The third kappa shape index (κ3) is 4.67. The van der Waals surface area contributed by atoms with Gasteiger partial charge in [0.1, 0.15) is 5.82 Å². The number of esters is 1. The van der Waals surface area contributed by atoms with Crippen LogP contribution in [-0.4, -0.2) is 28.5 Å². The third-order valence-corrected chi connectivity index (χ3v) is 3.69. The van der Waals surface area contributed by atoms with E-state index in [0.29, 0.717) is 11.4 Å². The molecule has 0 atom stereocenters. The Balaban J connectivity index is 1.70. The molecule has 0 saturated heterocycles. The largest absolute Gasteiger partial charge is 0.462 e. The second kappa shape index (κ2) is 8.72. The summed E-state index contributed by atoms with van der Waals surface area (Å²) in [5.41, 5.74) is 1.41. The zero-order valence-corrected chi connectivity index (χ0v) is 15.0. The SMILES string of the molecule is CCOC(=O)c1ccccc1NC(=O)c1cnc(Nc2ccc(F)cc2)nc1. The zero-order valence-electron chi connectivity index (χ0n) is 15.0. The first kappa shape index (κ1) is 19.0. The molecule has 0 fully saturated rings. The van der Waals surface area contributed by atoms with Gasteiger partial charge in [-0.3, -0.25) is 4.79 Å². The summed E-state index contributed by atoms with van der Waals surface area (Å²) in [6.45, 7) is 1.94. The maximum atomic E-state index is 12.9. The minimum absolute atomic E-state index is 0.211. The van der Waals surface area contributed by atoms with Crippen molar-refractivity contribution in [1.82, 2.24) is 9.97 Å². The summed E-state index contributed by atoms with van der Waals surface area (Å²) in [6.07, 6.45) is 2.70. The van der Waals surface area contributed by atoms with Gasteiger partial charge in [0.25, 0.3) is 5.91 Å². The quantitative estimate of drug-likeness (QED) is 0.632. The van der Waals surface area contributed by atoms with Gasteiger partial charge in [-0.05, 0) is 43.3 Å². The van der Waals surface area contributed by atoms with Crippen LogP contribution < -0.4 is 10.6 Å². The summed E-state index contributed by atoms with van der Waals surface area (Å²) in [4.78, 5) is 32.6. The van der Waals surface area contributed by atoms with Crippen molar-refractivity contribution in [3.63, 3.8) is 0 Å². The fraction of sp³-hybridized carbons (Fsp3) is 0.100. The molecule has 0 bridgehead atoms. The molecule has 0 unspecified atom stereocenters. The topological polar surface area (TPSA) is 93.2 Å². The predicted octanol–water partition coefficient (Wildman–Crippen LogP) is 3.79. The lowest BCUT2D eigenvalue weighted by Gasteiger charge is -2.10. The second-order valence-corrected chi connectivity index (χ2v) is 5.65. The van der Waals surface area contributed by atoms with Gasteiger partial charge >= 0.3 is 5.97 Å². The Morgan fingerprint density at radius 3 is 2.39 bits per heavy atom. The molecule has 0 saturated carbocycles. The molecule has 8 heteroatoms. The van der Waals surface area contributed by atoms with Gasteiger partial charge < -0.3 is 15.4 Å². The summed E-state index contributed by atoms with van der Waals surface area (Å²) in [5.74, 6) is -1.07. The highest BCUT2D eigenvalue weighted by Crippen LogP contribution is 2.18. The normalized spacial score (nSPS) is 10.2. The van der Waals surface area contributed by atoms with Crippen LogP contribution in [-0.2, 0) is 4.74 Å². The van der Waals surface area contributed by atoms with Crippen LogP contribution in [0.15, 0.2) is 60.9 Å². The number of nitrogens with one attached hydrogen (secondary N) is 2. The van der Waals surface area contributed by atoms with Crippen LogP contribution in [0.4, 0.5) is 21.7 Å². The molecule has 2 N–H and O–H groups in total. The van der Waals surface area contributed by atoms with Gasteiger partial charge in [-0.2, -0.15) is 0 Å². The van der Waals surface area contributed by atoms with Crippen molar-refractivity contribution in [2.75, 3.05) is 17.2 Å². The number of hydrogen-bond acceptors (Lipinski definition) is 6. The average Bonchev–Trinajstić information content (AvgIpc) is 2.71. The highest BCUT2D eigenvalue weighted by molar-refractivity contribution is 6.07. The molecule has 3 rings (SSSR count). The number of nitrogens with zero attached hydrogens (tertiary/aromatic N) is 2. The van der Waals surface area contributed by atoms with Crippen molar-refractivity contribution in [3.8, 4) is 0 Å². The second-order valence-electron chi connectivity index (χ2n) is 5.65. The zero-order chi connectivity index (χ0) is 19.9. The molecule has 0 radical (unpaired) electrons. The number of benzene rings is 2. The van der Waals surface area contributed by atoms with Gasteiger partial charge in [-0.1, -0.05) is 12.1 Å². The lowest BCUT2D eigenvalue weighted by Crippen LogP contribution is -2.16. The van der Waals surface area contributed by atoms with Crippen molar-refractivity contribution in [1.29, 1.82) is 0 Å². The number of para-hydroxylation sites is 1. The first-order valence-electron chi connectivity index (χ1n) is 8.49. The van der Waals surface area contributed by atoms with Crippen LogP contribution in [0.5, 0.6) is 0 Å². The third-order valence-electron chi connectivity index (χ3n) is 3.69. The number of ether oxygens (including phenoxy) is 1. The van der Waals surface area contributed by atoms with Gasteiger partial charge in [-0.15, -0.1) is 0 Å². The van der Waals surface area contributed by atoms with E-state index in [1.165, 1.54) is 24.5 Å². The van der Waals surface area contributed by atoms with E-state index in [0.717, 1.165) is 0 Å². The summed E-state index contributed by atoms with van der Waals surface area (Å²) in [6, 6.07) is 12.3. The number of anilines is 3. The van der Waals surface area contributed by atoms with E-state index in [1.807, 2.05) is 0 Å². The Bertz CT molecular complexity index is 976. The fourth-order valence-electron chi connectivity index (χ4n) is 2.35. The molecule has 28 heavy (non-hydrogen) atoms. The number of amides is 1. The fourth-order valence-corrected chi connectivity index (χ4v) is 2.35. The number of halogens is 1. The molecule has 1 aromatic heterocycles. The van der Waals surface area contributed by atoms with E-state index >= 15 is 0 Å². The summed E-state index contributed by atoms with van der Waals surface area (Å²) in [5, 5.41) is 5.56. The van der Waals surface area contributed by atoms with E-state index in [9.17, 15) is 14.0 Å². The summed E-state index contributed by atoms with van der Waals surface area (Å²) < 4.78 is 17.9. The maximum Gasteiger partial charge on any atom is 0.340 e. The lowest BCUT2D eigenvalue weighted by atomic mass is 10.1. The Labute approximate surface area is 160 Å². The van der Waals surface area contributed by atoms with Crippen molar-refractivity contribution >= 4 is 29.2 Å². The van der Waals surface area contributed by atoms with Crippen molar-refractivity contribution < 1.29 is 18.7 Å². The average molecular weight is 380 g/mol. The number of rotatable bonds is 6.